The zero-order valence-electron chi connectivity index (χ0n) is 8.51. The predicted octanol–water partition coefficient (Wildman–Crippen LogP) is 1.08. The van der Waals surface area contributed by atoms with Crippen molar-refractivity contribution < 1.29 is 9.72 Å². The Morgan fingerprint density at radius 1 is 1.67 bits per heavy atom. The molecule has 1 aromatic heterocycles. The Labute approximate surface area is 86.7 Å². The second kappa shape index (κ2) is 4.50. The molecule has 1 rings (SSSR count). The van der Waals surface area contributed by atoms with Gasteiger partial charge in [0.25, 0.3) is 11.6 Å². The lowest BCUT2D eigenvalue weighted by molar-refractivity contribution is -0.385. The number of amides is 1. The molecule has 0 aromatic carbocycles. The SMILES string of the molecule is CCN(C)C(=O)c1ccncc1[N+](=O)[O-]. The largest absolute Gasteiger partial charge is 0.342 e. The van der Waals surface area contributed by atoms with Crippen LogP contribution in [0.5, 0.6) is 0 Å². The molecule has 0 N–H and O–H groups in total. The minimum atomic E-state index is -0.607. The monoisotopic (exact) mass is 209 g/mol. The van der Waals surface area contributed by atoms with Crippen LogP contribution in [0.3, 0.4) is 0 Å². The Kier molecular flexibility index (Phi) is 3.33. The molecule has 0 spiro atoms. The molecule has 1 amide bonds. The van der Waals surface area contributed by atoms with Gasteiger partial charge in [-0.3, -0.25) is 19.9 Å². The predicted molar refractivity (Wildman–Crippen MR) is 53.5 cm³/mol. The van der Waals surface area contributed by atoms with Crippen LogP contribution in [-0.2, 0) is 0 Å². The van der Waals surface area contributed by atoms with Gasteiger partial charge in [0.1, 0.15) is 11.8 Å². The van der Waals surface area contributed by atoms with Gasteiger partial charge in [0, 0.05) is 19.8 Å². The molecule has 1 aromatic rings. The Morgan fingerprint density at radius 2 is 2.33 bits per heavy atom. The highest BCUT2D eigenvalue weighted by molar-refractivity contribution is 5.97. The smallest absolute Gasteiger partial charge is 0.300 e. The van der Waals surface area contributed by atoms with Gasteiger partial charge >= 0.3 is 0 Å². The fraction of sp³-hybridized carbons (Fsp3) is 0.333. The summed E-state index contributed by atoms with van der Waals surface area (Å²) in [4.78, 5) is 26.7. The lowest BCUT2D eigenvalue weighted by Crippen LogP contribution is -2.26. The van der Waals surface area contributed by atoms with Crippen LogP contribution in [0, 0.1) is 10.1 Å². The van der Waals surface area contributed by atoms with Gasteiger partial charge in [-0.2, -0.15) is 0 Å². The van der Waals surface area contributed by atoms with Gasteiger partial charge in [-0.25, -0.2) is 0 Å². The van der Waals surface area contributed by atoms with Crippen molar-refractivity contribution in [1.82, 2.24) is 9.88 Å². The highest BCUT2D eigenvalue weighted by atomic mass is 16.6. The topological polar surface area (TPSA) is 76.3 Å². The molecule has 0 bridgehead atoms. The Bertz CT molecular complexity index is 392. The zero-order valence-corrected chi connectivity index (χ0v) is 8.51. The van der Waals surface area contributed by atoms with E-state index in [2.05, 4.69) is 4.98 Å². The molecule has 0 saturated heterocycles. The van der Waals surface area contributed by atoms with Gasteiger partial charge in [-0.15, -0.1) is 0 Å². The fourth-order valence-electron chi connectivity index (χ4n) is 1.06. The van der Waals surface area contributed by atoms with Crippen molar-refractivity contribution in [2.24, 2.45) is 0 Å². The number of nitro groups is 1. The minimum absolute atomic E-state index is 0.0688. The Hall–Kier alpha value is -1.98. The quantitative estimate of drug-likeness (QED) is 0.551. The molecule has 15 heavy (non-hydrogen) atoms. The van der Waals surface area contributed by atoms with Gasteiger partial charge in [0.15, 0.2) is 0 Å². The molecule has 6 nitrogen and oxygen atoms in total. The van der Waals surface area contributed by atoms with E-state index in [9.17, 15) is 14.9 Å². The maximum Gasteiger partial charge on any atom is 0.300 e. The highest BCUT2D eigenvalue weighted by Gasteiger charge is 2.21. The van der Waals surface area contributed by atoms with Crippen molar-refractivity contribution in [1.29, 1.82) is 0 Å². The molecule has 0 atom stereocenters. The molecule has 0 fully saturated rings. The zero-order chi connectivity index (χ0) is 11.4. The van der Waals surface area contributed by atoms with Crippen molar-refractivity contribution in [3.05, 3.63) is 34.1 Å². The van der Waals surface area contributed by atoms with E-state index in [-0.39, 0.29) is 17.2 Å². The van der Waals surface area contributed by atoms with Gasteiger partial charge in [0.05, 0.1) is 4.92 Å². The molecule has 0 aliphatic rings. The molecular formula is C9H11N3O3. The summed E-state index contributed by atoms with van der Waals surface area (Å²) in [5.41, 5.74) is -0.192. The summed E-state index contributed by atoms with van der Waals surface area (Å²) < 4.78 is 0. The first-order valence-electron chi connectivity index (χ1n) is 4.41. The molecule has 0 unspecified atom stereocenters. The van der Waals surface area contributed by atoms with E-state index < -0.39 is 4.92 Å². The van der Waals surface area contributed by atoms with Crippen molar-refractivity contribution in [3.63, 3.8) is 0 Å². The highest BCUT2D eigenvalue weighted by Crippen LogP contribution is 2.17. The molecule has 0 radical (unpaired) electrons. The number of nitrogens with zero attached hydrogens (tertiary/aromatic N) is 3. The number of hydrogen-bond donors (Lipinski definition) is 0. The van der Waals surface area contributed by atoms with Crippen molar-refractivity contribution >= 4 is 11.6 Å². The van der Waals surface area contributed by atoms with Crippen LogP contribution in [0.4, 0.5) is 5.69 Å². The Balaban J connectivity index is 3.13. The summed E-state index contributed by atoms with van der Waals surface area (Å²) in [6.45, 7) is 2.29. The molecule has 1 heterocycles. The number of aromatic nitrogens is 1. The third kappa shape index (κ3) is 2.28. The first kappa shape index (κ1) is 11.1. The van der Waals surface area contributed by atoms with E-state index in [0.29, 0.717) is 6.54 Å². The molecule has 80 valence electrons. The second-order valence-corrected chi connectivity index (χ2v) is 2.97. The summed E-state index contributed by atoms with van der Waals surface area (Å²) in [5, 5.41) is 10.6. The second-order valence-electron chi connectivity index (χ2n) is 2.97. The van der Waals surface area contributed by atoms with E-state index >= 15 is 0 Å². The number of hydrogen-bond acceptors (Lipinski definition) is 4. The van der Waals surface area contributed by atoms with Crippen LogP contribution >= 0.6 is 0 Å². The average Bonchev–Trinajstić information content (AvgIpc) is 2.27. The van der Waals surface area contributed by atoms with E-state index in [1.54, 1.807) is 14.0 Å². The number of carbonyl (C=O) groups excluding carboxylic acids is 1. The standard InChI is InChI=1S/C9H11N3O3/c1-3-11(2)9(13)7-4-5-10-6-8(7)12(14)15/h4-6H,3H2,1-2H3. The molecule has 0 saturated carbocycles. The molecule has 0 aliphatic heterocycles. The summed E-state index contributed by atoms with van der Waals surface area (Å²) >= 11 is 0. The van der Waals surface area contributed by atoms with Crippen LogP contribution in [0.15, 0.2) is 18.5 Å². The number of pyridine rings is 1. The van der Waals surface area contributed by atoms with E-state index in [1.165, 1.54) is 17.2 Å². The lowest BCUT2D eigenvalue weighted by atomic mass is 10.2. The van der Waals surface area contributed by atoms with Crippen molar-refractivity contribution in [3.8, 4) is 0 Å². The van der Waals surface area contributed by atoms with Gasteiger partial charge in [0.2, 0.25) is 0 Å². The van der Waals surface area contributed by atoms with E-state index in [1.807, 2.05) is 0 Å². The number of rotatable bonds is 3. The Morgan fingerprint density at radius 3 is 2.87 bits per heavy atom. The van der Waals surface area contributed by atoms with Crippen molar-refractivity contribution in [2.75, 3.05) is 13.6 Å². The number of carbonyl (C=O) groups is 1. The van der Waals surface area contributed by atoms with Crippen LogP contribution < -0.4 is 0 Å². The van der Waals surface area contributed by atoms with E-state index in [0.717, 1.165) is 6.20 Å². The molecule has 0 aliphatic carbocycles. The van der Waals surface area contributed by atoms with Crippen LogP contribution in [0.25, 0.3) is 0 Å². The van der Waals surface area contributed by atoms with E-state index in [4.69, 9.17) is 0 Å². The third-order valence-electron chi connectivity index (χ3n) is 2.05. The summed E-state index contributed by atoms with van der Waals surface area (Å²) in [6, 6.07) is 1.35. The lowest BCUT2D eigenvalue weighted by Gasteiger charge is -2.13. The summed E-state index contributed by atoms with van der Waals surface area (Å²) in [5.74, 6) is -0.369. The van der Waals surface area contributed by atoms with Crippen molar-refractivity contribution in [2.45, 2.75) is 6.92 Å². The average molecular weight is 209 g/mol. The molecule has 6 heteroatoms. The third-order valence-corrected chi connectivity index (χ3v) is 2.05. The fourth-order valence-corrected chi connectivity index (χ4v) is 1.06. The summed E-state index contributed by atoms with van der Waals surface area (Å²) in [7, 11) is 1.59. The minimum Gasteiger partial charge on any atom is -0.342 e. The van der Waals surface area contributed by atoms with Gasteiger partial charge < -0.3 is 4.90 Å². The maximum atomic E-state index is 11.7. The van der Waals surface area contributed by atoms with Crippen LogP contribution in [0.2, 0.25) is 0 Å². The van der Waals surface area contributed by atoms with Gasteiger partial charge in [-0.05, 0) is 13.0 Å². The maximum absolute atomic E-state index is 11.7. The summed E-state index contributed by atoms with van der Waals surface area (Å²) in [6.07, 6.45) is 2.44. The van der Waals surface area contributed by atoms with Gasteiger partial charge in [-0.1, -0.05) is 0 Å². The first-order chi connectivity index (χ1) is 7.07. The molecular weight excluding hydrogens is 198 g/mol. The normalized spacial score (nSPS) is 9.73. The van der Waals surface area contributed by atoms with Crippen LogP contribution in [0.1, 0.15) is 17.3 Å². The van der Waals surface area contributed by atoms with Crippen LogP contribution in [-0.4, -0.2) is 34.3 Å². The first-order valence-corrected chi connectivity index (χ1v) is 4.41.